The molecule has 1 aromatic carbocycles. The number of carbonyl (C=O) groups is 2. The van der Waals surface area contributed by atoms with E-state index < -0.39 is 6.04 Å². The fraction of sp³-hybridized carbons (Fsp3) is 0.467. The Labute approximate surface area is 132 Å². The van der Waals surface area contributed by atoms with Gasteiger partial charge in [0.2, 0.25) is 5.91 Å². The van der Waals surface area contributed by atoms with Gasteiger partial charge in [0.15, 0.2) is 0 Å². The monoisotopic (exact) mass is 354 g/mol. The maximum absolute atomic E-state index is 12.8. The molecular weight excluding hydrogens is 336 g/mol. The van der Waals surface area contributed by atoms with Crippen LogP contribution in [-0.4, -0.2) is 49.1 Å². The molecule has 1 aliphatic heterocycles. The molecule has 0 aromatic heterocycles. The Bertz CT molecular complexity index is 548. The summed E-state index contributed by atoms with van der Waals surface area (Å²) in [4.78, 5) is 26.4. The Morgan fingerprint density at radius 3 is 2.95 bits per heavy atom. The van der Waals surface area contributed by atoms with E-state index in [2.05, 4.69) is 21.2 Å². The van der Waals surface area contributed by atoms with Gasteiger partial charge in [-0.05, 0) is 41.9 Å². The van der Waals surface area contributed by atoms with E-state index in [1.165, 1.54) is 0 Å². The lowest BCUT2D eigenvalue weighted by molar-refractivity contribution is -0.130. The maximum atomic E-state index is 12.8. The van der Waals surface area contributed by atoms with Crippen molar-refractivity contribution in [2.75, 3.05) is 26.3 Å². The normalized spacial score (nSPS) is 18.4. The molecule has 6 heteroatoms. The predicted octanol–water partition coefficient (Wildman–Crippen LogP) is 1.73. The van der Waals surface area contributed by atoms with Crippen LogP contribution in [0.3, 0.4) is 0 Å². The number of morpholine rings is 1. The summed E-state index contributed by atoms with van der Waals surface area (Å²) in [6.07, 6.45) is 0. The van der Waals surface area contributed by atoms with Crippen LogP contribution < -0.4 is 5.32 Å². The van der Waals surface area contributed by atoms with E-state index in [1.807, 2.05) is 32.0 Å². The quantitative estimate of drug-likeness (QED) is 0.899. The van der Waals surface area contributed by atoms with Crippen molar-refractivity contribution >= 4 is 27.7 Å². The van der Waals surface area contributed by atoms with E-state index in [9.17, 15) is 9.59 Å². The Morgan fingerprint density at radius 1 is 1.48 bits per heavy atom. The van der Waals surface area contributed by atoms with E-state index in [-0.39, 0.29) is 18.4 Å². The molecule has 21 heavy (non-hydrogen) atoms. The Hall–Kier alpha value is -1.40. The summed E-state index contributed by atoms with van der Waals surface area (Å²) in [6, 6.07) is 5.04. The average Bonchev–Trinajstić information content (AvgIpc) is 2.49. The molecule has 1 N–H and O–H groups in total. The summed E-state index contributed by atoms with van der Waals surface area (Å²) in [6.45, 7) is 5.42. The molecule has 0 bridgehead atoms. The van der Waals surface area contributed by atoms with E-state index in [0.717, 1.165) is 10.0 Å². The number of hydrogen-bond acceptors (Lipinski definition) is 3. The Kier molecular flexibility index (Phi) is 5.36. The zero-order valence-electron chi connectivity index (χ0n) is 12.2. The third-order valence-corrected chi connectivity index (χ3v) is 4.09. The Balaban J connectivity index is 2.26. The summed E-state index contributed by atoms with van der Waals surface area (Å²) >= 11 is 3.41. The lowest BCUT2D eigenvalue weighted by Gasteiger charge is -2.34. The largest absolute Gasteiger partial charge is 0.377 e. The fourth-order valence-electron chi connectivity index (χ4n) is 2.31. The molecule has 1 heterocycles. The number of carbonyl (C=O) groups excluding carboxylic acids is 2. The molecular formula is C15H19BrN2O3. The lowest BCUT2D eigenvalue weighted by Crippen LogP contribution is -2.55. The summed E-state index contributed by atoms with van der Waals surface area (Å²) in [5, 5.41) is 2.75. The van der Waals surface area contributed by atoms with Crippen LogP contribution in [0.25, 0.3) is 0 Å². The minimum Gasteiger partial charge on any atom is -0.377 e. The molecule has 1 atom stereocenters. The molecule has 2 amide bonds. The zero-order chi connectivity index (χ0) is 15.4. The number of benzene rings is 1. The second-order valence-corrected chi connectivity index (χ2v) is 5.82. The van der Waals surface area contributed by atoms with Gasteiger partial charge in [0.05, 0.1) is 18.8 Å². The topological polar surface area (TPSA) is 58.6 Å². The second kappa shape index (κ2) is 7.04. The second-order valence-electron chi connectivity index (χ2n) is 4.97. The first-order chi connectivity index (χ1) is 10.0. The summed E-state index contributed by atoms with van der Waals surface area (Å²) < 4.78 is 6.09. The minimum absolute atomic E-state index is 0.148. The number of likely N-dealkylation sites (N-methyl/N-ethyl adjacent to an activating group) is 1. The third kappa shape index (κ3) is 3.63. The predicted molar refractivity (Wildman–Crippen MR) is 83.2 cm³/mol. The van der Waals surface area contributed by atoms with Crippen molar-refractivity contribution in [3.63, 3.8) is 0 Å². The number of aryl methyl sites for hydroxylation is 1. The van der Waals surface area contributed by atoms with Crippen molar-refractivity contribution in [3.8, 4) is 0 Å². The van der Waals surface area contributed by atoms with Crippen LogP contribution in [-0.2, 0) is 9.53 Å². The van der Waals surface area contributed by atoms with Gasteiger partial charge in [-0.25, -0.2) is 0 Å². The molecule has 1 aliphatic rings. The smallest absolute Gasteiger partial charge is 0.255 e. The third-order valence-electron chi connectivity index (χ3n) is 3.40. The number of hydrogen-bond donors (Lipinski definition) is 1. The SMILES string of the molecule is CCNC(=O)C1COCCN1C(=O)c1cc(C)ccc1Br. The molecule has 2 rings (SSSR count). The highest BCUT2D eigenvalue weighted by Gasteiger charge is 2.33. The van der Waals surface area contributed by atoms with Crippen LogP contribution in [0.1, 0.15) is 22.8 Å². The molecule has 1 fully saturated rings. The highest BCUT2D eigenvalue weighted by atomic mass is 79.9. The summed E-state index contributed by atoms with van der Waals surface area (Å²) in [7, 11) is 0. The van der Waals surface area contributed by atoms with Crippen molar-refractivity contribution in [2.24, 2.45) is 0 Å². The number of ether oxygens (including phenoxy) is 1. The van der Waals surface area contributed by atoms with Crippen LogP contribution in [0.15, 0.2) is 22.7 Å². The van der Waals surface area contributed by atoms with E-state index in [1.54, 1.807) is 4.90 Å². The van der Waals surface area contributed by atoms with Crippen LogP contribution in [0.5, 0.6) is 0 Å². The highest BCUT2D eigenvalue weighted by Crippen LogP contribution is 2.22. The molecule has 5 nitrogen and oxygen atoms in total. The van der Waals surface area contributed by atoms with E-state index in [4.69, 9.17) is 4.74 Å². The van der Waals surface area contributed by atoms with Crippen molar-refractivity contribution in [2.45, 2.75) is 19.9 Å². The Morgan fingerprint density at radius 2 is 2.24 bits per heavy atom. The first-order valence-corrected chi connectivity index (χ1v) is 7.76. The van der Waals surface area contributed by atoms with Gasteiger partial charge in [-0.2, -0.15) is 0 Å². The van der Waals surface area contributed by atoms with E-state index in [0.29, 0.717) is 25.3 Å². The van der Waals surface area contributed by atoms with Gasteiger partial charge in [0, 0.05) is 17.6 Å². The summed E-state index contributed by atoms with van der Waals surface area (Å²) in [5.41, 5.74) is 1.58. The van der Waals surface area contributed by atoms with E-state index >= 15 is 0 Å². The van der Waals surface area contributed by atoms with Crippen molar-refractivity contribution in [3.05, 3.63) is 33.8 Å². The van der Waals surface area contributed by atoms with Crippen LogP contribution in [0.4, 0.5) is 0 Å². The molecule has 0 saturated carbocycles. The molecule has 1 saturated heterocycles. The first-order valence-electron chi connectivity index (χ1n) is 6.97. The molecule has 1 unspecified atom stereocenters. The molecule has 0 radical (unpaired) electrons. The van der Waals surface area contributed by atoms with Gasteiger partial charge in [0.25, 0.3) is 5.91 Å². The number of halogens is 1. The molecule has 114 valence electrons. The molecule has 0 aliphatic carbocycles. The van der Waals surface area contributed by atoms with Gasteiger partial charge in [-0.3, -0.25) is 9.59 Å². The van der Waals surface area contributed by atoms with Gasteiger partial charge in [0.1, 0.15) is 6.04 Å². The highest BCUT2D eigenvalue weighted by molar-refractivity contribution is 9.10. The van der Waals surface area contributed by atoms with Crippen LogP contribution in [0.2, 0.25) is 0 Å². The number of amides is 2. The van der Waals surface area contributed by atoms with Gasteiger partial charge in [-0.1, -0.05) is 11.6 Å². The first kappa shape index (κ1) is 16.0. The number of nitrogens with zero attached hydrogens (tertiary/aromatic N) is 1. The van der Waals surface area contributed by atoms with Crippen molar-refractivity contribution < 1.29 is 14.3 Å². The zero-order valence-corrected chi connectivity index (χ0v) is 13.8. The summed E-state index contributed by atoms with van der Waals surface area (Å²) in [5.74, 6) is -0.320. The van der Waals surface area contributed by atoms with Gasteiger partial charge >= 0.3 is 0 Å². The van der Waals surface area contributed by atoms with Crippen molar-refractivity contribution in [1.82, 2.24) is 10.2 Å². The molecule has 1 aromatic rings. The van der Waals surface area contributed by atoms with Crippen LogP contribution >= 0.6 is 15.9 Å². The number of nitrogens with one attached hydrogen (secondary N) is 1. The van der Waals surface area contributed by atoms with Crippen LogP contribution in [0, 0.1) is 6.92 Å². The molecule has 0 spiro atoms. The van der Waals surface area contributed by atoms with Crippen molar-refractivity contribution in [1.29, 1.82) is 0 Å². The maximum Gasteiger partial charge on any atom is 0.255 e. The fourth-order valence-corrected chi connectivity index (χ4v) is 2.73. The lowest BCUT2D eigenvalue weighted by atomic mass is 10.1. The van der Waals surface area contributed by atoms with Gasteiger partial charge < -0.3 is 15.0 Å². The standard InChI is InChI=1S/C15H19BrN2O3/c1-3-17-14(19)13-9-21-7-6-18(13)15(20)11-8-10(2)4-5-12(11)16/h4-5,8,13H,3,6-7,9H2,1-2H3,(H,17,19). The number of rotatable bonds is 3. The van der Waals surface area contributed by atoms with Gasteiger partial charge in [-0.15, -0.1) is 0 Å². The average molecular weight is 355 g/mol. The minimum atomic E-state index is -0.571.